The van der Waals surface area contributed by atoms with Crippen LogP contribution >= 0.6 is 0 Å². The van der Waals surface area contributed by atoms with Gasteiger partial charge in [-0.25, -0.2) is 4.57 Å². The van der Waals surface area contributed by atoms with Crippen LogP contribution in [-0.2, 0) is 7.05 Å². The Labute approximate surface area is 171 Å². The van der Waals surface area contributed by atoms with Crippen molar-refractivity contribution in [1.82, 2.24) is 4.57 Å². The molecular weight excluding hydrogens is 352 g/mol. The third-order valence-electron chi connectivity index (χ3n) is 5.60. The summed E-state index contributed by atoms with van der Waals surface area (Å²) < 4.78 is 4.66. The summed E-state index contributed by atoms with van der Waals surface area (Å²) in [6.07, 6.45) is 0. The van der Waals surface area contributed by atoms with Gasteiger partial charge in [0.1, 0.15) is 5.69 Å². The number of fused-ring (bicyclic) bond motifs is 1. The number of hydrogen-bond donors (Lipinski definition) is 0. The van der Waals surface area contributed by atoms with Crippen LogP contribution in [0.1, 0.15) is 5.56 Å². The first kappa shape index (κ1) is 17.4. The second-order valence-corrected chi connectivity index (χ2v) is 7.44. The van der Waals surface area contributed by atoms with Gasteiger partial charge in [-0.1, -0.05) is 72.8 Å². The van der Waals surface area contributed by atoms with Crippen molar-refractivity contribution >= 4 is 11.0 Å². The van der Waals surface area contributed by atoms with Crippen LogP contribution < -0.4 is 4.57 Å². The van der Waals surface area contributed by atoms with Crippen LogP contribution in [0.3, 0.4) is 0 Å². The smallest absolute Gasteiger partial charge is 0.225 e. The molecule has 29 heavy (non-hydrogen) atoms. The third-order valence-corrected chi connectivity index (χ3v) is 5.60. The van der Waals surface area contributed by atoms with E-state index in [1.165, 1.54) is 44.8 Å². The van der Waals surface area contributed by atoms with Crippen LogP contribution in [-0.4, -0.2) is 4.57 Å². The first-order valence-corrected chi connectivity index (χ1v) is 9.95. The van der Waals surface area contributed by atoms with Gasteiger partial charge in [-0.05, 0) is 53.9 Å². The molecule has 1 aromatic heterocycles. The summed E-state index contributed by atoms with van der Waals surface area (Å²) in [6, 6.07) is 36.5. The average Bonchev–Trinajstić information content (AvgIpc) is 3.07. The van der Waals surface area contributed by atoms with E-state index in [-0.39, 0.29) is 0 Å². The largest absolute Gasteiger partial charge is 0.295 e. The zero-order chi connectivity index (χ0) is 19.8. The van der Waals surface area contributed by atoms with Crippen molar-refractivity contribution < 1.29 is 4.57 Å². The van der Waals surface area contributed by atoms with Gasteiger partial charge in [0, 0.05) is 0 Å². The maximum absolute atomic E-state index is 2.36. The Morgan fingerprint density at radius 1 is 0.655 bits per heavy atom. The monoisotopic (exact) mass is 375 g/mol. The van der Waals surface area contributed by atoms with Crippen molar-refractivity contribution in [1.29, 1.82) is 0 Å². The molecule has 0 bridgehead atoms. The minimum Gasteiger partial charge on any atom is -0.225 e. The molecule has 0 spiro atoms. The van der Waals surface area contributed by atoms with Crippen LogP contribution in [0.4, 0.5) is 0 Å². The lowest BCUT2D eigenvalue weighted by atomic mass is 9.99. The molecule has 0 aliphatic carbocycles. The van der Waals surface area contributed by atoms with Crippen molar-refractivity contribution in [2.45, 2.75) is 6.92 Å². The van der Waals surface area contributed by atoms with E-state index in [2.05, 4.69) is 126 Å². The quantitative estimate of drug-likeness (QED) is 0.337. The molecule has 4 aromatic carbocycles. The van der Waals surface area contributed by atoms with E-state index in [0.717, 1.165) is 0 Å². The minimum atomic E-state index is 1.17. The Balaban J connectivity index is 1.77. The normalized spacial score (nSPS) is 11.1. The summed E-state index contributed by atoms with van der Waals surface area (Å²) in [5, 5.41) is 0. The van der Waals surface area contributed by atoms with Crippen LogP contribution in [0.5, 0.6) is 0 Å². The van der Waals surface area contributed by atoms with Gasteiger partial charge in [0.05, 0.1) is 12.6 Å². The zero-order valence-electron chi connectivity index (χ0n) is 16.7. The number of para-hydroxylation sites is 3. The number of rotatable bonds is 3. The molecule has 2 heteroatoms. The van der Waals surface area contributed by atoms with E-state index >= 15 is 0 Å². The van der Waals surface area contributed by atoms with Crippen molar-refractivity contribution in [3.63, 3.8) is 0 Å². The molecule has 0 aliphatic rings. The number of aryl methyl sites for hydroxylation is 2. The third kappa shape index (κ3) is 2.94. The molecule has 0 saturated carbocycles. The van der Waals surface area contributed by atoms with Gasteiger partial charge in [0.15, 0.2) is 11.0 Å². The summed E-state index contributed by atoms with van der Waals surface area (Å²) in [5.41, 5.74) is 8.60. The van der Waals surface area contributed by atoms with E-state index in [1.807, 2.05) is 0 Å². The lowest BCUT2D eigenvalue weighted by Crippen LogP contribution is -2.30. The summed E-state index contributed by atoms with van der Waals surface area (Å²) in [4.78, 5) is 0. The number of nitrogens with zero attached hydrogens (tertiary/aromatic N) is 2. The molecule has 0 radical (unpaired) electrons. The Morgan fingerprint density at radius 3 is 2.03 bits per heavy atom. The first-order chi connectivity index (χ1) is 14.2. The number of benzene rings is 4. The van der Waals surface area contributed by atoms with Gasteiger partial charge in [0.2, 0.25) is 0 Å². The second kappa shape index (κ2) is 7.06. The maximum atomic E-state index is 2.36. The predicted molar refractivity (Wildman–Crippen MR) is 120 cm³/mol. The number of hydrogen-bond acceptors (Lipinski definition) is 0. The Kier molecular flexibility index (Phi) is 4.25. The molecule has 0 saturated heterocycles. The van der Waals surface area contributed by atoms with Gasteiger partial charge in [-0.2, -0.15) is 4.57 Å². The average molecular weight is 375 g/mol. The molecule has 5 rings (SSSR count). The van der Waals surface area contributed by atoms with Gasteiger partial charge in [0.25, 0.3) is 5.82 Å². The highest BCUT2D eigenvalue weighted by Gasteiger charge is 2.26. The summed E-state index contributed by atoms with van der Waals surface area (Å²) in [5.74, 6) is 1.19. The summed E-state index contributed by atoms with van der Waals surface area (Å²) >= 11 is 0. The Morgan fingerprint density at radius 2 is 1.31 bits per heavy atom. The number of imidazole rings is 1. The van der Waals surface area contributed by atoms with Crippen LogP contribution in [0.2, 0.25) is 0 Å². The van der Waals surface area contributed by atoms with Crippen LogP contribution in [0, 0.1) is 6.92 Å². The van der Waals surface area contributed by atoms with E-state index in [0.29, 0.717) is 0 Å². The number of aromatic nitrogens is 2. The highest BCUT2D eigenvalue weighted by atomic mass is 15.2. The van der Waals surface area contributed by atoms with Gasteiger partial charge >= 0.3 is 0 Å². The molecule has 0 unspecified atom stereocenters. The molecule has 0 aliphatic heterocycles. The summed E-state index contributed by atoms with van der Waals surface area (Å²) in [7, 11) is 2.15. The standard InChI is InChI=1S/C27H23N2/c1-20-19-22(21-11-5-3-6-12-21)17-18-24(20)27-28(2)25-15-9-10-16-26(25)29(27)23-13-7-4-8-14-23/h3-19H,1-2H3/q+1. The van der Waals surface area contributed by atoms with Crippen molar-refractivity contribution in [2.24, 2.45) is 7.05 Å². The zero-order valence-corrected chi connectivity index (χ0v) is 16.7. The van der Waals surface area contributed by atoms with E-state index in [4.69, 9.17) is 0 Å². The predicted octanol–water partition coefficient (Wildman–Crippen LogP) is 6.10. The SMILES string of the molecule is Cc1cc(-c2ccccc2)ccc1-c1n(-c2ccccc2)c2ccccc2[n+]1C. The van der Waals surface area contributed by atoms with Crippen LogP contribution in [0.15, 0.2) is 103 Å². The highest BCUT2D eigenvalue weighted by Crippen LogP contribution is 2.31. The fraction of sp³-hybridized carbons (Fsp3) is 0.0741. The van der Waals surface area contributed by atoms with E-state index in [9.17, 15) is 0 Å². The molecule has 0 atom stereocenters. The molecule has 0 fully saturated rings. The van der Waals surface area contributed by atoms with Crippen molar-refractivity contribution in [3.05, 3.63) is 109 Å². The highest BCUT2D eigenvalue weighted by molar-refractivity contribution is 5.80. The first-order valence-electron chi connectivity index (χ1n) is 9.95. The summed E-state index contributed by atoms with van der Waals surface area (Å²) in [6.45, 7) is 2.20. The van der Waals surface area contributed by atoms with Crippen molar-refractivity contribution in [3.8, 4) is 28.2 Å². The topological polar surface area (TPSA) is 8.81 Å². The minimum absolute atomic E-state index is 1.17. The van der Waals surface area contributed by atoms with Crippen molar-refractivity contribution in [2.75, 3.05) is 0 Å². The molecule has 2 nitrogen and oxygen atoms in total. The fourth-order valence-corrected chi connectivity index (χ4v) is 4.18. The molecular formula is C27H23N2+. The van der Waals surface area contributed by atoms with E-state index in [1.54, 1.807) is 0 Å². The molecule has 0 amide bonds. The van der Waals surface area contributed by atoms with Gasteiger partial charge in [-0.15, -0.1) is 0 Å². The molecule has 140 valence electrons. The van der Waals surface area contributed by atoms with Gasteiger partial charge in [-0.3, -0.25) is 0 Å². The Hall–Kier alpha value is -3.65. The lowest BCUT2D eigenvalue weighted by molar-refractivity contribution is -0.633. The Bertz CT molecular complexity index is 1300. The van der Waals surface area contributed by atoms with E-state index < -0.39 is 0 Å². The van der Waals surface area contributed by atoms with Crippen LogP contribution in [0.25, 0.3) is 39.2 Å². The maximum Gasteiger partial charge on any atom is 0.295 e. The molecule has 0 N–H and O–H groups in total. The fourth-order valence-electron chi connectivity index (χ4n) is 4.18. The molecule has 1 heterocycles. The second-order valence-electron chi connectivity index (χ2n) is 7.44. The molecule has 5 aromatic rings. The van der Waals surface area contributed by atoms with Gasteiger partial charge < -0.3 is 0 Å². The lowest BCUT2D eigenvalue weighted by Gasteiger charge is -2.09.